The van der Waals surface area contributed by atoms with Gasteiger partial charge in [0.1, 0.15) is 0 Å². The predicted molar refractivity (Wildman–Crippen MR) is 62.9 cm³/mol. The van der Waals surface area contributed by atoms with E-state index in [1.807, 2.05) is 11.8 Å². The van der Waals surface area contributed by atoms with E-state index in [2.05, 4.69) is 5.32 Å². The number of likely N-dealkylation sites (N-methyl/N-ethyl adjacent to an activating group) is 1. The van der Waals surface area contributed by atoms with Crippen LogP contribution in [0.3, 0.4) is 0 Å². The second kappa shape index (κ2) is 9.71. The van der Waals surface area contributed by atoms with Crippen molar-refractivity contribution in [1.82, 2.24) is 10.2 Å². The summed E-state index contributed by atoms with van der Waals surface area (Å²) < 4.78 is 19.1. The second-order valence-electron chi connectivity index (χ2n) is 3.35. The molecule has 0 aliphatic rings. The molecule has 0 saturated heterocycles. The fourth-order valence-corrected chi connectivity index (χ4v) is 1.61. The van der Waals surface area contributed by atoms with Crippen molar-refractivity contribution in [1.29, 1.82) is 0 Å². The molecule has 0 amide bonds. The number of carboxylic acids is 1. The Labute approximate surface area is 98.3 Å². The Morgan fingerprint density at radius 2 is 2.06 bits per heavy atom. The molecule has 0 aromatic rings. The summed E-state index contributed by atoms with van der Waals surface area (Å²) in [5.41, 5.74) is 0. The normalized spacial score (nSPS) is 12.9. The highest BCUT2D eigenvalue weighted by molar-refractivity contribution is 7.79. The lowest BCUT2D eigenvalue weighted by atomic mass is 10.4. The van der Waals surface area contributed by atoms with Crippen LogP contribution in [0.1, 0.15) is 13.3 Å². The maximum Gasteiger partial charge on any atom is 0.304 e. The number of rotatable bonds is 10. The summed E-state index contributed by atoms with van der Waals surface area (Å²) in [5, 5.41) is 11.4. The number of carbonyl (C=O) groups is 1. The van der Waals surface area contributed by atoms with Crippen molar-refractivity contribution < 1.29 is 18.7 Å². The smallest absolute Gasteiger partial charge is 0.304 e. The van der Waals surface area contributed by atoms with Crippen LogP contribution in [0, 0.1) is 0 Å². The highest BCUT2D eigenvalue weighted by Gasteiger charge is 2.03. The maximum atomic E-state index is 10.5. The summed E-state index contributed by atoms with van der Waals surface area (Å²) in [5.74, 6) is -0.557. The summed E-state index contributed by atoms with van der Waals surface area (Å²) in [4.78, 5) is 12.3. The Bertz CT molecular complexity index is 226. The largest absolute Gasteiger partial charge is 0.481 e. The first-order valence-corrected chi connectivity index (χ1v) is 6.56. The summed E-state index contributed by atoms with van der Waals surface area (Å²) >= 11 is -1.74. The lowest BCUT2D eigenvalue weighted by Gasteiger charge is -2.19. The topological polar surface area (TPSA) is 89.9 Å². The molecule has 1 unspecified atom stereocenters. The molecule has 0 aliphatic heterocycles. The summed E-state index contributed by atoms with van der Waals surface area (Å²) in [6.07, 6.45) is 0.118. The average molecular weight is 252 g/mol. The molecule has 0 radical (unpaired) electrons. The molecule has 0 aromatic heterocycles. The van der Waals surface area contributed by atoms with Crippen LogP contribution in [0.25, 0.3) is 0 Å². The Kier molecular flexibility index (Phi) is 9.40. The molecule has 0 rings (SSSR count). The number of hydrogen-bond acceptors (Lipinski definition) is 4. The van der Waals surface area contributed by atoms with Crippen molar-refractivity contribution in [3.63, 3.8) is 0 Å². The van der Waals surface area contributed by atoms with Crippen molar-refractivity contribution in [3.8, 4) is 0 Å². The predicted octanol–water partition coefficient (Wildman–Crippen LogP) is -0.406. The Hall–Kier alpha value is -0.500. The first-order valence-electron chi connectivity index (χ1n) is 5.28. The van der Waals surface area contributed by atoms with E-state index in [0.29, 0.717) is 19.6 Å². The third-order valence-electron chi connectivity index (χ3n) is 2.15. The van der Waals surface area contributed by atoms with Crippen molar-refractivity contribution >= 4 is 17.0 Å². The van der Waals surface area contributed by atoms with Crippen molar-refractivity contribution in [2.45, 2.75) is 13.3 Å². The van der Waals surface area contributed by atoms with Crippen LogP contribution >= 0.6 is 0 Å². The van der Waals surface area contributed by atoms with Gasteiger partial charge >= 0.3 is 5.97 Å². The van der Waals surface area contributed by atoms with E-state index in [9.17, 15) is 9.00 Å². The SMILES string of the molecule is CCN(CCNCCC(=O)O)CCS(=O)O. The van der Waals surface area contributed by atoms with Crippen LogP contribution in [0.15, 0.2) is 0 Å². The van der Waals surface area contributed by atoms with Crippen LogP contribution in [-0.4, -0.2) is 63.2 Å². The Balaban J connectivity index is 3.47. The second-order valence-corrected chi connectivity index (χ2v) is 4.40. The lowest BCUT2D eigenvalue weighted by molar-refractivity contribution is -0.136. The van der Waals surface area contributed by atoms with Gasteiger partial charge in [0.15, 0.2) is 11.1 Å². The summed E-state index contributed by atoms with van der Waals surface area (Å²) in [6.45, 7) is 5.29. The van der Waals surface area contributed by atoms with E-state index in [4.69, 9.17) is 9.66 Å². The molecular weight excluding hydrogens is 232 g/mol. The van der Waals surface area contributed by atoms with E-state index >= 15 is 0 Å². The molecule has 7 heteroatoms. The molecular formula is C9H20N2O4S. The standard InChI is InChI=1S/C9H20N2O4S/c1-2-11(7-8-16(14)15)6-5-10-4-3-9(12)13/h10H,2-8H2,1H3,(H,12,13)(H,14,15). The molecule has 0 aromatic carbocycles. The molecule has 0 heterocycles. The number of hydrogen-bond donors (Lipinski definition) is 3. The summed E-state index contributed by atoms with van der Waals surface area (Å²) in [7, 11) is 0. The van der Waals surface area contributed by atoms with Crippen LogP contribution in [-0.2, 0) is 15.9 Å². The molecule has 1 atom stereocenters. The molecule has 0 spiro atoms. The summed E-state index contributed by atoms with van der Waals surface area (Å²) in [6, 6.07) is 0. The third kappa shape index (κ3) is 10.0. The van der Waals surface area contributed by atoms with Gasteiger partial charge in [0.05, 0.1) is 12.2 Å². The molecule has 3 N–H and O–H groups in total. The van der Waals surface area contributed by atoms with Gasteiger partial charge in [-0.3, -0.25) is 4.79 Å². The van der Waals surface area contributed by atoms with Gasteiger partial charge in [0.25, 0.3) is 0 Å². The first-order chi connectivity index (χ1) is 7.56. The van der Waals surface area contributed by atoms with Gasteiger partial charge in [-0.1, -0.05) is 6.92 Å². The van der Waals surface area contributed by atoms with Crippen LogP contribution < -0.4 is 5.32 Å². The van der Waals surface area contributed by atoms with Gasteiger partial charge in [-0.05, 0) is 6.54 Å². The van der Waals surface area contributed by atoms with E-state index < -0.39 is 17.0 Å². The number of nitrogens with one attached hydrogen (secondary N) is 1. The minimum Gasteiger partial charge on any atom is -0.481 e. The fraction of sp³-hybridized carbons (Fsp3) is 0.889. The zero-order valence-corrected chi connectivity index (χ0v) is 10.3. The number of nitrogens with zero attached hydrogens (tertiary/aromatic N) is 1. The van der Waals surface area contributed by atoms with E-state index in [-0.39, 0.29) is 12.2 Å². The quantitative estimate of drug-likeness (QED) is 0.362. The van der Waals surface area contributed by atoms with Crippen molar-refractivity contribution in [2.75, 3.05) is 38.5 Å². The lowest BCUT2D eigenvalue weighted by Crippen LogP contribution is -2.35. The van der Waals surface area contributed by atoms with Crippen molar-refractivity contribution in [3.05, 3.63) is 0 Å². The zero-order chi connectivity index (χ0) is 12.4. The average Bonchev–Trinajstić information content (AvgIpc) is 2.21. The van der Waals surface area contributed by atoms with Gasteiger partial charge < -0.3 is 19.9 Å². The number of aliphatic carboxylic acids is 1. The van der Waals surface area contributed by atoms with Crippen LogP contribution in [0.2, 0.25) is 0 Å². The monoisotopic (exact) mass is 252 g/mol. The first kappa shape index (κ1) is 15.5. The molecule has 0 aliphatic carbocycles. The minimum absolute atomic E-state index is 0.118. The molecule has 0 bridgehead atoms. The Morgan fingerprint density at radius 1 is 1.38 bits per heavy atom. The Morgan fingerprint density at radius 3 is 2.56 bits per heavy atom. The van der Waals surface area contributed by atoms with Gasteiger partial charge in [0, 0.05) is 26.2 Å². The van der Waals surface area contributed by atoms with E-state index in [0.717, 1.165) is 13.1 Å². The fourth-order valence-electron chi connectivity index (χ4n) is 1.19. The molecule has 16 heavy (non-hydrogen) atoms. The highest BCUT2D eigenvalue weighted by Crippen LogP contribution is 1.88. The van der Waals surface area contributed by atoms with Crippen LogP contribution in [0.5, 0.6) is 0 Å². The molecule has 0 saturated carbocycles. The van der Waals surface area contributed by atoms with E-state index in [1.54, 1.807) is 0 Å². The van der Waals surface area contributed by atoms with Gasteiger partial charge in [-0.2, -0.15) is 0 Å². The number of carboxylic acid groups (broad SMARTS) is 1. The minimum atomic E-state index is -1.74. The maximum absolute atomic E-state index is 10.5. The molecule has 0 fully saturated rings. The van der Waals surface area contributed by atoms with Crippen molar-refractivity contribution in [2.24, 2.45) is 0 Å². The zero-order valence-electron chi connectivity index (χ0n) is 9.52. The van der Waals surface area contributed by atoms with Crippen LogP contribution in [0.4, 0.5) is 0 Å². The van der Waals surface area contributed by atoms with Gasteiger partial charge in [0.2, 0.25) is 0 Å². The van der Waals surface area contributed by atoms with Gasteiger partial charge in [-0.25, -0.2) is 4.21 Å². The molecule has 6 nitrogen and oxygen atoms in total. The van der Waals surface area contributed by atoms with E-state index in [1.165, 1.54) is 0 Å². The molecule has 96 valence electrons. The highest BCUT2D eigenvalue weighted by atomic mass is 32.2. The third-order valence-corrected chi connectivity index (χ3v) is 2.68. The van der Waals surface area contributed by atoms with Gasteiger partial charge in [-0.15, -0.1) is 0 Å².